The van der Waals surface area contributed by atoms with E-state index in [-0.39, 0.29) is 49.7 Å². The molecule has 1 aromatic carbocycles. The first kappa shape index (κ1) is 21.6. The largest absolute Gasteiger partial charge is 0.489 e. The SMILES string of the molecule is O=C1NCCNC(=O)C2(C/C=C/COc3ccccc31)CCCN(C(=O)c1ccon1)C2. The van der Waals surface area contributed by atoms with Crippen LogP contribution < -0.4 is 15.4 Å². The predicted molar refractivity (Wildman–Crippen MR) is 115 cm³/mol. The molecular weight excluding hydrogens is 412 g/mol. The molecule has 168 valence electrons. The molecule has 3 amide bonds. The molecule has 0 aliphatic carbocycles. The van der Waals surface area contributed by atoms with Gasteiger partial charge >= 0.3 is 0 Å². The molecule has 1 atom stereocenters. The number of hydrogen-bond donors (Lipinski definition) is 2. The zero-order valence-corrected chi connectivity index (χ0v) is 17.7. The van der Waals surface area contributed by atoms with Crippen molar-refractivity contribution in [1.29, 1.82) is 0 Å². The van der Waals surface area contributed by atoms with E-state index in [4.69, 9.17) is 9.26 Å². The number of allylic oxidation sites excluding steroid dienone is 1. The van der Waals surface area contributed by atoms with Gasteiger partial charge in [-0.2, -0.15) is 0 Å². The highest BCUT2D eigenvalue weighted by atomic mass is 16.5. The first-order chi connectivity index (χ1) is 15.6. The lowest BCUT2D eigenvalue weighted by atomic mass is 9.76. The fraction of sp³-hybridized carbons (Fsp3) is 0.391. The Morgan fingerprint density at radius 1 is 1.09 bits per heavy atom. The minimum Gasteiger partial charge on any atom is -0.489 e. The van der Waals surface area contributed by atoms with Gasteiger partial charge in [0.15, 0.2) is 5.69 Å². The monoisotopic (exact) mass is 438 g/mol. The van der Waals surface area contributed by atoms with Crippen molar-refractivity contribution >= 4 is 17.7 Å². The first-order valence-corrected chi connectivity index (χ1v) is 10.7. The van der Waals surface area contributed by atoms with Gasteiger partial charge in [-0.1, -0.05) is 29.4 Å². The number of nitrogens with one attached hydrogen (secondary N) is 2. The third-order valence-electron chi connectivity index (χ3n) is 5.84. The molecule has 2 aliphatic heterocycles. The van der Waals surface area contributed by atoms with Crippen molar-refractivity contribution in [2.75, 3.05) is 32.8 Å². The van der Waals surface area contributed by atoms with Crippen molar-refractivity contribution < 1.29 is 23.6 Å². The quantitative estimate of drug-likeness (QED) is 0.656. The van der Waals surface area contributed by atoms with Gasteiger partial charge in [0.1, 0.15) is 18.6 Å². The van der Waals surface area contributed by atoms with Crippen molar-refractivity contribution in [3.63, 3.8) is 0 Å². The molecule has 0 saturated carbocycles. The lowest BCUT2D eigenvalue weighted by Gasteiger charge is -2.41. The minimum absolute atomic E-state index is 0.132. The molecule has 32 heavy (non-hydrogen) atoms. The van der Waals surface area contributed by atoms with Gasteiger partial charge in [0.2, 0.25) is 5.91 Å². The van der Waals surface area contributed by atoms with Crippen molar-refractivity contribution in [3.05, 3.63) is 60.0 Å². The van der Waals surface area contributed by atoms with E-state index in [0.29, 0.717) is 37.1 Å². The number of aromatic nitrogens is 1. The van der Waals surface area contributed by atoms with Gasteiger partial charge in [-0.15, -0.1) is 0 Å². The van der Waals surface area contributed by atoms with Gasteiger partial charge < -0.3 is 24.8 Å². The van der Waals surface area contributed by atoms with Crippen LogP contribution in [0.5, 0.6) is 5.75 Å². The summed E-state index contributed by atoms with van der Waals surface area (Å²) < 4.78 is 10.6. The van der Waals surface area contributed by atoms with Crippen molar-refractivity contribution in [2.45, 2.75) is 19.3 Å². The van der Waals surface area contributed by atoms with Crippen LogP contribution in [-0.4, -0.2) is 60.6 Å². The molecule has 9 nitrogen and oxygen atoms in total. The van der Waals surface area contributed by atoms with Crippen LogP contribution in [0.15, 0.2) is 53.3 Å². The summed E-state index contributed by atoms with van der Waals surface area (Å²) in [6.45, 7) is 1.68. The summed E-state index contributed by atoms with van der Waals surface area (Å²) in [5, 5.41) is 9.50. The van der Waals surface area contributed by atoms with Crippen molar-refractivity contribution in [2.24, 2.45) is 5.41 Å². The number of amides is 3. The zero-order chi connectivity index (χ0) is 22.4. The first-order valence-electron chi connectivity index (χ1n) is 10.7. The number of ether oxygens (including phenoxy) is 1. The maximum atomic E-state index is 13.2. The van der Waals surface area contributed by atoms with Gasteiger partial charge in [0, 0.05) is 32.2 Å². The second kappa shape index (κ2) is 9.67. The summed E-state index contributed by atoms with van der Waals surface area (Å²) in [5.74, 6) is -0.131. The molecule has 9 heteroatoms. The Balaban J connectivity index is 1.52. The third kappa shape index (κ3) is 4.66. The highest BCUT2D eigenvalue weighted by molar-refractivity contribution is 5.97. The maximum absolute atomic E-state index is 13.2. The van der Waals surface area contributed by atoms with Gasteiger partial charge in [0.25, 0.3) is 11.8 Å². The number of piperidine rings is 1. The fourth-order valence-corrected chi connectivity index (χ4v) is 4.16. The molecule has 0 bridgehead atoms. The number of carbonyl (C=O) groups is 3. The van der Waals surface area contributed by atoms with Gasteiger partial charge in [0.05, 0.1) is 11.0 Å². The number of rotatable bonds is 1. The van der Waals surface area contributed by atoms with E-state index in [1.165, 1.54) is 12.3 Å². The van der Waals surface area contributed by atoms with Crippen LogP contribution in [0.4, 0.5) is 0 Å². The summed E-state index contributed by atoms with van der Waals surface area (Å²) >= 11 is 0. The van der Waals surface area contributed by atoms with E-state index in [2.05, 4.69) is 15.8 Å². The Kier molecular flexibility index (Phi) is 6.53. The van der Waals surface area contributed by atoms with Crippen LogP contribution in [0.2, 0.25) is 0 Å². The highest BCUT2D eigenvalue weighted by Gasteiger charge is 2.42. The maximum Gasteiger partial charge on any atom is 0.276 e. The van der Waals surface area contributed by atoms with E-state index in [1.54, 1.807) is 23.1 Å². The lowest BCUT2D eigenvalue weighted by molar-refractivity contribution is -0.133. The number of likely N-dealkylation sites (tertiary alicyclic amines) is 1. The molecule has 1 aromatic heterocycles. The molecule has 3 heterocycles. The van der Waals surface area contributed by atoms with E-state index in [1.807, 2.05) is 18.2 Å². The van der Waals surface area contributed by atoms with Crippen molar-refractivity contribution in [3.8, 4) is 5.75 Å². The van der Waals surface area contributed by atoms with E-state index >= 15 is 0 Å². The number of carbonyl (C=O) groups excluding carboxylic acids is 3. The third-order valence-corrected chi connectivity index (χ3v) is 5.84. The standard InChI is InChI=1S/C23H26N4O5/c28-20-17-6-1-2-7-19(17)31-14-4-3-9-23(22(30)25-12-11-24-20)10-5-13-27(16-23)21(29)18-8-15-32-26-18/h1-4,6-8,15H,5,9-14,16H2,(H,24,28)(H,25,30)/b4-3+. The fourth-order valence-electron chi connectivity index (χ4n) is 4.16. The predicted octanol–water partition coefficient (Wildman–Crippen LogP) is 1.78. The number of nitrogens with zero attached hydrogens (tertiary/aromatic N) is 2. The smallest absolute Gasteiger partial charge is 0.276 e. The molecule has 1 unspecified atom stereocenters. The minimum atomic E-state index is -0.764. The summed E-state index contributed by atoms with van der Waals surface area (Å²) in [5.41, 5.74) is -0.0797. The summed E-state index contributed by atoms with van der Waals surface area (Å²) in [6.07, 6.45) is 6.94. The van der Waals surface area contributed by atoms with E-state index < -0.39 is 5.41 Å². The van der Waals surface area contributed by atoms with E-state index in [9.17, 15) is 14.4 Å². The second-order valence-corrected chi connectivity index (χ2v) is 7.99. The number of benzene rings is 1. The Bertz CT molecular complexity index is 1000. The van der Waals surface area contributed by atoms with Crippen LogP contribution in [0.25, 0.3) is 0 Å². The van der Waals surface area contributed by atoms with Gasteiger partial charge in [-0.05, 0) is 31.4 Å². The van der Waals surface area contributed by atoms with Crippen LogP contribution in [0, 0.1) is 5.41 Å². The summed E-state index contributed by atoms with van der Waals surface area (Å²) in [6, 6.07) is 8.58. The van der Waals surface area contributed by atoms with Gasteiger partial charge in [-0.3, -0.25) is 14.4 Å². The number of fused-ring (bicyclic) bond motifs is 1. The number of para-hydroxylation sites is 1. The second-order valence-electron chi connectivity index (χ2n) is 7.99. The van der Waals surface area contributed by atoms with Crippen LogP contribution in [-0.2, 0) is 4.79 Å². The molecule has 1 fully saturated rings. The molecular formula is C23H26N4O5. The van der Waals surface area contributed by atoms with E-state index in [0.717, 1.165) is 0 Å². The molecule has 1 spiro atoms. The van der Waals surface area contributed by atoms with Crippen LogP contribution in [0.1, 0.15) is 40.1 Å². The molecule has 2 aromatic rings. The Morgan fingerprint density at radius 2 is 1.94 bits per heavy atom. The van der Waals surface area contributed by atoms with Crippen LogP contribution >= 0.6 is 0 Å². The Hall–Kier alpha value is -3.62. The molecule has 1 saturated heterocycles. The molecule has 4 rings (SSSR count). The van der Waals surface area contributed by atoms with Crippen molar-refractivity contribution in [1.82, 2.24) is 20.7 Å². The topological polar surface area (TPSA) is 114 Å². The molecule has 0 radical (unpaired) electrons. The average molecular weight is 438 g/mol. The van der Waals surface area contributed by atoms with Gasteiger partial charge in [-0.25, -0.2) is 0 Å². The molecule has 2 N–H and O–H groups in total. The summed E-state index contributed by atoms with van der Waals surface area (Å²) in [4.78, 5) is 40.2. The van der Waals surface area contributed by atoms with Crippen LogP contribution in [0.3, 0.4) is 0 Å². The lowest BCUT2D eigenvalue weighted by Crippen LogP contribution is -2.54. The number of hydrogen-bond acceptors (Lipinski definition) is 6. The zero-order valence-electron chi connectivity index (χ0n) is 17.7. The average Bonchev–Trinajstić information content (AvgIpc) is 3.36. The highest BCUT2D eigenvalue weighted by Crippen LogP contribution is 2.35. The Labute approximate surface area is 185 Å². The summed E-state index contributed by atoms with van der Waals surface area (Å²) in [7, 11) is 0. The Morgan fingerprint density at radius 3 is 2.78 bits per heavy atom. The normalized spacial score (nSPS) is 23.3. The molecule has 2 aliphatic rings.